The molecule has 0 aliphatic rings. The van der Waals surface area contributed by atoms with Crippen molar-refractivity contribution in [3.63, 3.8) is 0 Å². The molecule has 2 aromatic rings. The summed E-state index contributed by atoms with van der Waals surface area (Å²) in [5.74, 6) is -0.772. The molecule has 0 heterocycles. The van der Waals surface area contributed by atoms with Crippen molar-refractivity contribution in [2.24, 2.45) is 11.5 Å². The highest BCUT2D eigenvalue weighted by molar-refractivity contribution is 7.93. The summed E-state index contributed by atoms with van der Waals surface area (Å²) in [6.07, 6.45) is 0. The summed E-state index contributed by atoms with van der Waals surface area (Å²) in [7, 11) is -4.35. The number of carbonyl (C=O) groups is 2. The van der Waals surface area contributed by atoms with Crippen LogP contribution >= 0.6 is 11.6 Å². The van der Waals surface area contributed by atoms with Crippen LogP contribution in [-0.2, 0) is 10.0 Å². The average molecular weight is 354 g/mol. The first-order chi connectivity index (χ1) is 10.7. The van der Waals surface area contributed by atoms with E-state index in [1.54, 1.807) is 6.07 Å². The highest BCUT2D eigenvalue weighted by Crippen LogP contribution is 2.28. The normalized spacial score (nSPS) is 11.0. The number of nitrogens with two attached hydrogens (primary N) is 2. The number of rotatable bonds is 4. The van der Waals surface area contributed by atoms with Gasteiger partial charge in [0.2, 0.25) is 5.91 Å². The molecule has 7 nitrogen and oxygen atoms in total. The van der Waals surface area contributed by atoms with Gasteiger partial charge in [0.1, 0.15) is 4.90 Å². The molecule has 0 saturated carbocycles. The highest BCUT2D eigenvalue weighted by Gasteiger charge is 2.31. The lowest BCUT2D eigenvalue weighted by Gasteiger charge is -2.21. The van der Waals surface area contributed by atoms with E-state index in [2.05, 4.69) is 0 Å². The van der Waals surface area contributed by atoms with Crippen molar-refractivity contribution in [1.82, 2.24) is 0 Å². The van der Waals surface area contributed by atoms with Crippen molar-refractivity contribution in [2.75, 3.05) is 4.31 Å². The maximum atomic E-state index is 12.7. The zero-order valence-electron chi connectivity index (χ0n) is 11.6. The minimum Gasteiger partial charge on any atom is -0.366 e. The minimum absolute atomic E-state index is 0.0307. The predicted octanol–water partition coefficient (Wildman–Crippen LogP) is 1.71. The van der Waals surface area contributed by atoms with Gasteiger partial charge in [-0.1, -0.05) is 29.8 Å². The molecule has 4 N–H and O–H groups in total. The molecule has 3 amide bonds. The van der Waals surface area contributed by atoms with Crippen LogP contribution in [0.25, 0.3) is 0 Å². The van der Waals surface area contributed by atoms with Gasteiger partial charge in [-0.2, -0.15) is 4.31 Å². The van der Waals surface area contributed by atoms with E-state index in [0.717, 1.165) is 6.07 Å². The van der Waals surface area contributed by atoms with Gasteiger partial charge in [0, 0.05) is 5.56 Å². The second kappa shape index (κ2) is 6.27. The van der Waals surface area contributed by atoms with E-state index in [-0.39, 0.29) is 21.2 Å². The molecule has 0 bridgehead atoms. The first kappa shape index (κ1) is 16.8. The van der Waals surface area contributed by atoms with Crippen molar-refractivity contribution in [3.8, 4) is 0 Å². The number of halogens is 1. The quantitative estimate of drug-likeness (QED) is 0.868. The Hall–Kier alpha value is -2.58. The minimum atomic E-state index is -4.35. The van der Waals surface area contributed by atoms with Gasteiger partial charge in [-0.05, 0) is 30.3 Å². The van der Waals surface area contributed by atoms with E-state index < -0.39 is 22.0 Å². The fourth-order valence-corrected chi connectivity index (χ4v) is 3.74. The Morgan fingerprint density at radius 2 is 1.65 bits per heavy atom. The molecule has 120 valence electrons. The van der Waals surface area contributed by atoms with E-state index in [0.29, 0.717) is 4.31 Å². The van der Waals surface area contributed by atoms with Gasteiger partial charge in [-0.3, -0.25) is 4.79 Å². The smallest absolute Gasteiger partial charge is 0.333 e. The lowest BCUT2D eigenvalue weighted by Crippen LogP contribution is -2.41. The molecule has 0 aliphatic carbocycles. The van der Waals surface area contributed by atoms with Crippen LogP contribution in [0.4, 0.5) is 10.5 Å². The van der Waals surface area contributed by atoms with Crippen LogP contribution in [-0.4, -0.2) is 20.4 Å². The van der Waals surface area contributed by atoms with Crippen LogP contribution < -0.4 is 15.8 Å². The monoisotopic (exact) mass is 353 g/mol. The van der Waals surface area contributed by atoms with Gasteiger partial charge in [-0.15, -0.1) is 0 Å². The standard InChI is InChI=1S/C14H12ClN3O4S/c15-11-6-1-2-7-12(11)23(21,22)18(14(17)20)10-5-3-4-9(8-10)13(16)19/h1-8H,(H2,16,19)(H2,17,20). The van der Waals surface area contributed by atoms with Crippen LogP contribution in [0.15, 0.2) is 53.4 Å². The molecule has 23 heavy (non-hydrogen) atoms. The second-order valence-electron chi connectivity index (χ2n) is 4.45. The van der Waals surface area contributed by atoms with Crippen LogP contribution in [0.5, 0.6) is 0 Å². The molecular formula is C14H12ClN3O4S. The average Bonchev–Trinajstić information content (AvgIpc) is 2.47. The summed E-state index contributed by atoms with van der Waals surface area (Å²) in [4.78, 5) is 22.7. The number of benzene rings is 2. The Balaban J connectivity index is 2.64. The number of amides is 3. The topological polar surface area (TPSA) is 124 Å². The van der Waals surface area contributed by atoms with E-state index in [4.69, 9.17) is 23.1 Å². The molecule has 2 aromatic carbocycles. The molecule has 0 fully saturated rings. The molecule has 0 aromatic heterocycles. The van der Waals surface area contributed by atoms with Gasteiger partial charge in [0.25, 0.3) is 10.0 Å². The number of nitrogens with zero attached hydrogens (tertiary/aromatic N) is 1. The Morgan fingerprint density at radius 3 is 2.22 bits per heavy atom. The zero-order chi connectivity index (χ0) is 17.2. The lowest BCUT2D eigenvalue weighted by molar-refractivity contribution is 0.1000. The summed E-state index contributed by atoms with van der Waals surface area (Å²) in [5, 5.41) is -0.0650. The Morgan fingerprint density at radius 1 is 1.00 bits per heavy atom. The van der Waals surface area contributed by atoms with Gasteiger partial charge in [-0.25, -0.2) is 13.2 Å². The third-order valence-electron chi connectivity index (χ3n) is 2.92. The molecule has 0 saturated heterocycles. The van der Waals surface area contributed by atoms with Gasteiger partial charge in [0.05, 0.1) is 10.7 Å². The molecule has 9 heteroatoms. The SMILES string of the molecule is NC(=O)c1cccc(N(C(N)=O)S(=O)(=O)c2ccccc2Cl)c1. The Bertz CT molecular complexity index is 883. The molecule has 0 spiro atoms. The second-order valence-corrected chi connectivity index (χ2v) is 6.61. The van der Waals surface area contributed by atoms with E-state index in [9.17, 15) is 18.0 Å². The summed E-state index contributed by atoms with van der Waals surface area (Å²) in [6, 6.07) is 9.60. The van der Waals surface area contributed by atoms with Crippen molar-refractivity contribution in [1.29, 1.82) is 0 Å². The Labute approximate surface area is 137 Å². The Kier molecular flexibility index (Phi) is 4.57. The molecule has 0 unspecified atom stereocenters. The summed E-state index contributed by atoms with van der Waals surface area (Å²) in [5.41, 5.74) is 10.3. The fourth-order valence-electron chi connectivity index (χ4n) is 1.92. The molecule has 0 radical (unpaired) electrons. The molecule has 0 atom stereocenters. The summed E-state index contributed by atoms with van der Waals surface area (Å²) in [6.45, 7) is 0. The van der Waals surface area contributed by atoms with Crippen molar-refractivity contribution < 1.29 is 18.0 Å². The van der Waals surface area contributed by atoms with Gasteiger partial charge < -0.3 is 11.5 Å². The summed E-state index contributed by atoms with van der Waals surface area (Å²) >= 11 is 5.89. The van der Waals surface area contributed by atoms with Crippen molar-refractivity contribution in [2.45, 2.75) is 4.90 Å². The lowest BCUT2D eigenvalue weighted by atomic mass is 10.2. The number of anilines is 1. The predicted molar refractivity (Wildman–Crippen MR) is 85.7 cm³/mol. The van der Waals surface area contributed by atoms with Crippen molar-refractivity contribution in [3.05, 3.63) is 59.1 Å². The molecule has 2 rings (SSSR count). The molecule has 0 aliphatic heterocycles. The third-order valence-corrected chi connectivity index (χ3v) is 5.15. The first-order valence-electron chi connectivity index (χ1n) is 6.24. The van der Waals surface area contributed by atoms with Gasteiger partial charge in [0.15, 0.2) is 0 Å². The number of sulfonamides is 1. The third kappa shape index (κ3) is 3.27. The number of urea groups is 1. The van der Waals surface area contributed by atoms with Crippen LogP contribution in [0.2, 0.25) is 5.02 Å². The number of hydrogen-bond donors (Lipinski definition) is 2. The van der Waals surface area contributed by atoms with Crippen LogP contribution in [0.1, 0.15) is 10.4 Å². The van der Waals surface area contributed by atoms with Gasteiger partial charge >= 0.3 is 6.03 Å². The van der Waals surface area contributed by atoms with Crippen LogP contribution in [0, 0.1) is 0 Å². The van der Waals surface area contributed by atoms with E-state index in [1.165, 1.54) is 36.4 Å². The zero-order valence-corrected chi connectivity index (χ0v) is 13.2. The summed E-state index contributed by atoms with van der Waals surface area (Å²) < 4.78 is 25.8. The fraction of sp³-hybridized carbons (Fsp3) is 0. The largest absolute Gasteiger partial charge is 0.366 e. The number of hydrogen-bond acceptors (Lipinski definition) is 4. The maximum Gasteiger partial charge on any atom is 0.333 e. The maximum absolute atomic E-state index is 12.7. The van der Waals surface area contributed by atoms with Crippen LogP contribution in [0.3, 0.4) is 0 Å². The molecular weight excluding hydrogens is 342 g/mol. The van der Waals surface area contributed by atoms with Crippen molar-refractivity contribution >= 4 is 39.2 Å². The number of primary amides is 2. The first-order valence-corrected chi connectivity index (χ1v) is 8.06. The van der Waals surface area contributed by atoms with E-state index >= 15 is 0 Å². The number of carbonyl (C=O) groups excluding carboxylic acids is 2. The highest BCUT2D eigenvalue weighted by atomic mass is 35.5. The van der Waals surface area contributed by atoms with E-state index in [1.807, 2.05) is 0 Å².